The smallest absolute Gasteiger partial charge is 0.266 e. The zero-order chi connectivity index (χ0) is 24.4. The number of hydrogen-bond acceptors (Lipinski definition) is 4. The Hall–Kier alpha value is -3.52. The summed E-state index contributed by atoms with van der Waals surface area (Å²) in [4.78, 5) is 31.0. The molecule has 4 aromatic rings. The molecule has 0 spiro atoms. The van der Waals surface area contributed by atoms with Crippen LogP contribution in [-0.2, 0) is 5.75 Å². The molecule has 1 heterocycles. The molecular weight excluding hydrogens is 468 g/mol. The van der Waals surface area contributed by atoms with Gasteiger partial charge < -0.3 is 5.32 Å². The van der Waals surface area contributed by atoms with Crippen molar-refractivity contribution in [2.24, 2.45) is 0 Å². The molecule has 0 aliphatic heterocycles. The van der Waals surface area contributed by atoms with Crippen molar-refractivity contribution in [2.45, 2.75) is 42.6 Å². The van der Waals surface area contributed by atoms with Gasteiger partial charge in [0.15, 0.2) is 5.16 Å². The molecule has 8 heteroatoms. The van der Waals surface area contributed by atoms with Crippen molar-refractivity contribution in [1.29, 1.82) is 0 Å². The lowest BCUT2D eigenvalue weighted by Gasteiger charge is -2.15. The number of amides is 1. The molecule has 5 rings (SSSR count). The predicted octanol–water partition coefficient (Wildman–Crippen LogP) is 5.63. The Morgan fingerprint density at radius 2 is 1.74 bits per heavy atom. The van der Waals surface area contributed by atoms with Crippen molar-refractivity contribution in [3.05, 3.63) is 99.8 Å². The largest absolute Gasteiger partial charge is 0.349 e. The summed E-state index contributed by atoms with van der Waals surface area (Å²) in [6, 6.07) is 16.9. The lowest BCUT2D eigenvalue weighted by Crippen LogP contribution is -2.32. The molecule has 1 aliphatic carbocycles. The minimum Gasteiger partial charge on any atom is -0.349 e. The number of nitrogens with zero attached hydrogens (tertiary/aromatic N) is 2. The molecule has 1 saturated carbocycles. The SMILES string of the molecule is O=C(NC1CCCC1)c1ccc2c(=O)n(-c3cccc(F)c3)c(SCc3cccc(F)c3)nc2c1. The molecule has 1 fully saturated rings. The maximum absolute atomic E-state index is 14.0. The topological polar surface area (TPSA) is 64.0 Å². The molecular formula is C27H23F2N3O2S. The van der Waals surface area contributed by atoms with Gasteiger partial charge in [0.25, 0.3) is 11.5 Å². The van der Waals surface area contributed by atoms with Crippen molar-refractivity contribution < 1.29 is 13.6 Å². The summed E-state index contributed by atoms with van der Waals surface area (Å²) in [5.74, 6) is -0.666. The second-order valence-electron chi connectivity index (χ2n) is 8.62. The standard InChI is InChI=1S/C27H23F2N3O2S/c28-19-6-3-5-17(13-19)16-35-27-31-24-14-18(25(33)30-21-8-1-2-9-21)11-12-23(24)26(34)32(27)22-10-4-7-20(29)15-22/h3-7,10-15,21H,1-2,8-9,16H2,(H,30,33). The first kappa shape index (κ1) is 23.2. The molecule has 35 heavy (non-hydrogen) atoms. The van der Waals surface area contributed by atoms with E-state index in [0.717, 1.165) is 31.2 Å². The summed E-state index contributed by atoms with van der Waals surface area (Å²) < 4.78 is 29.0. The van der Waals surface area contributed by atoms with E-state index >= 15 is 0 Å². The first-order chi connectivity index (χ1) is 17.0. The number of carbonyl (C=O) groups excluding carboxylic acids is 1. The molecule has 3 aromatic carbocycles. The first-order valence-electron chi connectivity index (χ1n) is 11.5. The van der Waals surface area contributed by atoms with Crippen molar-refractivity contribution in [1.82, 2.24) is 14.9 Å². The van der Waals surface area contributed by atoms with Crippen LogP contribution in [0.15, 0.2) is 76.7 Å². The summed E-state index contributed by atoms with van der Waals surface area (Å²) in [6.45, 7) is 0. The number of carbonyl (C=O) groups is 1. The average molecular weight is 492 g/mol. The minimum absolute atomic E-state index is 0.171. The van der Waals surface area contributed by atoms with Crippen LogP contribution in [0.5, 0.6) is 0 Å². The minimum atomic E-state index is -0.477. The molecule has 1 aliphatic rings. The summed E-state index contributed by atoms with van der Waals surface area (Å²) >= 11 is 1.24. The van der Waals surface area contributed by atoms with E-state index in [9.17, 15) is 18.4 Å². The Morgan fingerprint density at radius 1 is 1.00 bits per heavy atom. The average Bonchev–Trinajstić information content (AvgIpc) is 3.35. The molecule has 0 unspecified atom stereocenters. The van der Waals surface area contributed by atoms with Crippen LogP contribution < -0.4 is 10.9 Å². The van der Waals surface area contributed by atoms with Gasteiger partial charge in [0.2, 0.25) is 0 Å². The van der Waals surface area contributed by atoms with Gasteiger partial charge in [0.05, 0.1) is 16.6 Å². The number of halogens is 2. The summed E-state index contributed by atoms with van der Waals surface area (Å²) in [7, 11) is 0. The van der Waals surface area contributed by atoms with Gasteiger partial charge in [-0.05, 0) is 66.9 Å². The Balaban J connectivity index is 1.56. The molecule has 1 aromatic heterocycles. The molecule has 5 nitrogen and oxygen atoms in total. The highest BCUT2D eigenvalue weighted by Gasteiger charge is 2.20. The Morgan fingerprint density at radius 3 is 2.49 bits per heavy atom. The summed E-state index contributed by atoms with van der Waals surface area (Å²) in [5.41, 5.74) is 1.50. The number of fused-ring (bicyclic) bond motifs is 1. The number of thioether (sulfide) groups is 1. The Kier molecular flexibility index (Phi) is 6.63. The van der Waals surface area contributed by atoms with Gasteiger partial charge >= 0.3 is 0 Å². The van der Waals surface area contributed by atoms with E-state index in [2.05, 4.69) is 10.3 Å². The molecule has 0 atom stereocenters. The third kappa shape index (κ3) is 5.12. The van der Waals surface area contributed by atoms with Crippen molar-refractivity contribution in [3.8, 4) is 5.69 Å². The van der Waals surface area contributed by atoms with E-state index < -0.39 is 5.82 Å². The Bertz CT molecular complexity index is 1460. The molecule has 1 N–H and O–H groups in total. The fourth-order valence-electron chi connectivity index (χ4n) is 4.36. The van der Waals surface area contributed by atoms with Crippen molar-refractivity contribution >= 4 is 28.6 Å². The number of hydrogen-bond donors (Lipinski definition) is 1. The highest BCUT2D eigenvalue weighted by Crippen LogP contribution is 2.26. The van der Waals surface area contributed by atoms with Crippen LogP contribution in [0, 0.1) is 11.6 Å². The van der Waals surface area contributed by atoms with E-state index in [-0.39, 0.29) is 23.3 Å². The predicted molar refractivity (Wildman–Crippen MR) is 133 cm³/mol. The molecule has 0 radical (unpaired) electrons. The van der Waals surface area contributed by atoms with E-state index in [4.69, 9.17) is 0 Å². The summed E-state index contributed by atoms with van der Waals surface area (Å²) in [6.07, 6.45) is 4.15. The van der Waals surface area contributed by atoms with Gasteiger partial charge in [-0.1, -0.05) is 42.8 Å². The van der Waals surface area contributed by atoms with Crippen molar-refractivity contribution in [2.75, 3.05) is 0 Å². The van der Waals surface area contributed by atoms with E-state index in [1.807, 2.05) is 0 Å². The fraction of sp³-hybridized carbons (Fsp3) is 0.222. The number of rotatable bonds is 6. The zero-order valence-electron chi connectivity index (χ0n) is 18.8. The van der Waals surface area contributed by atoms with Crippen LogP contribution in [0.3, 0.4) is 0 Å². The fourth-order valence-corrected chi connectivity index (χ4v) is 5.32. The highest BCUT2D eigenvalue weighted by molar-refractivity contribution is 7.98. The number of nitrogens with one attached hydrogen (secondary N) is 1. The van der Waals surface area contributed by atoms with Crippen LogP contribution in [-0.4, -0.2) is 21.5 Å². The summed E-state index contributed by atoms with van der Waals surface area (Å²) in [5, 5.41) is 3.70. The van der Waals surface area contributed by atoms with Gasteiger partial charge in [-0.25, -0.2) is 13.8 Å². The van der Waals surface area contributed by atoms with Crippen LogP contribution in [0.1, 0.15) is 41.6 Å². The molecule has 0 saturated heterocycles. The normalized spacial score (nSPS) is 13.9. The quantitative estimate of drug-likeness (QED) is 0.281. The lowest BCUT2D eigenvalue weighted by molar-refractivity contribution is 0.0938. The monoisotopic (exact) mass is 491 g/mol. The maximum Gasteiger partial charge on any atom is 0.266 e. The Labute approximate surface area is 205 Å². The maximum atomic E-state index is 14.0. The number of benzene rings is 3. The van der Waals surface area contributed by atoms with E-state index in [1.165, 1.54) is 46.7 Å². The van der Waals surface area contributed by atoms with Crippen LogP contribution in [0.2, 0.25) is 0 Å². The zero-order valence-corrected chi connectivity index (χ0v) is 19.7. The molecule has 1 amide bonds. The van der Waals surface area contributed by atoms with E-state index in [0.29, 0.717) is 33.1 Å². The third-order valence-corrected chi connectivity index (χ3v) is 7.12. The van der Waals surface area contributed by atoms with Crippen molar-refractivity contribution in [3.63, 3.8) is 0 Å². The van der Waals surface area contributed by atoms with E-state index in [1.54, 1.807) is 36.4 Å². The third-order valence-electron chi connectivity index (χ3n) is 6.11. The van der Waals surface area contributed by atoms with Gasteiger partial charge in [-0.3, -0.25) is 14.2 Å². The van der Waals surface area contributed by atoms with Crippen LogP contribution in [0.4, 0.5) is 8.78 Å². The van der Waals surface area contributed by atoms with Gasteiger partial charge in [0.1, 0.15) is 11.6 Å². The van der Waals surface area contributed by atoms with Gasteiger partial charge in [0, 0.05) is 17.4 Å². The first-order valence-corrected chi connectivity index (χ1v) is 12.5. The van der Waals surface area contributed by atoms with Crippen LogP contribution in [0.25, 0.3) is 16.6 Å². The van der Waals surface area contributed by atoms with Gasteiger partial charge in [-0.2, -0.15) is 0 Å². The van der Waals surface area contributed by atoms with Gasteiger partial charge in [-0.15, -0.1) is 0 Å². The second-order valence-corrected chi connectivity index (χ2v) is 9.56. The lowest BCUT2D eigenvalue weighted by atomic mass is 10.1. The molecule has 178 valence electrons. The van der Waals surface area contributed by atoms with Crippen LogP contribution >= 0.6 is 11.8 Å². The second kappa shape index (κ2) is 10.00. The molecule has 0 bridgehead atoms. The highest BCUT2D eigenvalue weighted by atomic mass is 32.2. The number of aromatic nitrogens is 2.